The van der Waals surface area contributed by atoms with Gasteiger partial charge >= 0.3 is 333 Å². The van der Waals surface area contributed by atoms with E-state index in [1.165, 1.54) is 77.9 Å². The number of benzene rings is 6. The van der Waals surface area contributed by atoms with Gasteiger partial charge in [0.2, 0.25) is 0 Å². The molecule has 6 aromatic carbocycles. The normalized spacial score (nSPS) is 14.8. The Kier molecular flexibility index (Phi) is 10.3. The van der Waals surface area contributed by atoms with Gasteiger partial charge in [0, 0.05) is 0 Å². The summed E-state index contributed by atoms with van der Waals surface area (Å²) in [6.45, 7) is 28.2. The van der Waals surface area contributed by atoms with Crippen molar-refractivity contribution in [3.63, 3.8) is 0 Å². The maximum absolute atomic E-state index is 3.82. The molecule has 1 aliphatic rings. The van der Waals surface area contributed by atoms with Crippen LogP contribution in [0.4, 0.5) is 0 Å². The fourth-order valence-corrected chi connectivity index (χ4v) is 43.6. The second-order valence-corrected chi connectivity index (χ2v) is 31.0. The average molecular weight is 826 g/mol. The number of hydrogen-bond acceptors (Lipinski definition) is 0. The summed E-state index contributed by atoms with van der Waals surface area (Å²) in [6, 6.07) is 42.8. The molecule has 0 fully saturated rings. The van der Waals surface area contributed by atoms with Crippen molar-refractivity contribution in [2.45, 2.75) is 83.1 Å². The quantitative estimate of drug-likeness (QED) is 0.147. The van der Waals surface area contributed by atoms with Crippen LogP contribution in [0.15, 0.2) is 119 Å². The maximum atomic E-state index is 3.00. The van der Waals surface area contributed by atoms with Gasteiger partial charge in [-0.15, -0.1) is 0 Å². The van der Waals surface area contributed by atoms with E-state index >= 15 is 0 Å². The fraction of sp³-hybridized carbons (Fsp3) is 0.231. The van der Waals surface area contributed by atoms with Gasteiger partial charge in [0.05, 0.1) is 0 Å². The van der Waals surface area contributed by atoms with Crippen molar-refractivity contribution in [3.8, 4) is 0 Å². The van der Waals surface area contributed by atoms with Crippen LogP contribution in [0.5, 0.6) is 0 Å². The Hall–Kier alpha value is -4.11. The molecular formula is C52H56Ge2. The van der Waals surface area contributed by atoms with Gasteiger partial charge in [0.1, 0.15) is 0 Å². The van der Waals surface area contributed by atoms with Crippen molar-refractivity contribution in [1.29, 1.82) is 0 Å². The molecule has 54 heavy (non-hydrogen) atoms. The molecule has 6 aromatic rings. The van der Waals surface area contributed by atoms with Crippen LogP contribution in [0.1, 0.15) is 77.9 Å². The van der Waals surface area contributed by atoms with E-state index in [1.54, 1.807) is 26.4 Å². The van der Waals surface area contributed by atoms with Crippen LogP contribution in [0, 0.1) is 83.1 Å². The molecule has 0 N–H and O–H groups in total. The van der Waals surface area contributed by atoms with Gasteiger partial charge in [-0.1, -0.05) is 0 Å². The zero-order chi connectivity index (χ0) is 38.7. The van der Waals surface area contributed by atoms with Gasteiger partial charge in [-0.05, 0) is 0 Å². The fourth-order valence-electron chi connectivity index (χ4n) is 11.0. The predicted molar refractivity (Wildman–Crippen MR) is 241 cm³/mol. The van der Waals surface area contributed by atoms with Gasteiger partial charge < -0.3 is 0 Å². The zero-order valence-corrected chi connectivity index (χ0v) is 38.7. The van der Waals surface area contributed by atoms with Crippen molar-refractivity contribution in [2.75, 3.05) is 0 Å². The summed E-state index contributed by atoms with van der Waals surface area (Å²) in [5, 5.41) is 0. The minimum absolute atomic E-state index is 1.33. The van der Waals surface area contributed by atoms with Gasteiger partial charge in [0.25, 0.3) is 0 Å². The molecule has 0 radical (unpaired) electrons. The summed E-state index contributed by atoms with van der Waals surface area (Å²) >= 11 is -7.64. The van der Waals surface area contributed by atoms with Crippen LogP contribution in [0.25, 0.3) is 8.81 Å². The molecule has 272 valence electrons. The Bertz CT molecular complexity index is 2110. The summed E-state index contributed by atoms with van der Waals surface area (Å²) in [5.41, 5.74) is 19.4. The second kappa shape index (κ2) is 14.5. The molecule has 1 heterocycles. The van der Waals surface area contributed by atoms with E-state index in [2.05, 4.69) is 202 Å². The predicted octanol–water partition coefficient (Wildman–Crippen LogP) is 10.6. The van der Waals surface area contributed by atoms with Crippen molar-refractivity contribution in [3.05, 3.63) is 197 Å². The van der Waals surface area contributed by atoms with Crippen molar-refractivity contribution >= 4 is 52.9 Å². The van der Waals surface area contributed by atoms with Gasteiger partial charge in [-0.2, -0.15) is 0 Å². The Balaban J connectivity index is 1.85. The molecule has 1 aliphatic heterocycles. The summed E-state index contributed by atoms with van der Waals surface area (Å²) in [6.07, 6.45) is 0. The third-order valence-corrected chi connectivity index (χ3v) is 36.2. The zero-order valence-electron chi connectivity index (χ0n) is 34.5. The Morgan fingerprint density at radius 1 is 0.278 bits per heavy atom. The van der Waals surface area contributed by atoms with Crippen molar-refractivity contribution < 1.29 is 0 Å². The Labute approximate surface area is 330 Å². The Morgan fingerprint density at radius 2 is 0.481 bits per heavy atom. The van der Waals surface area contributed by atoms with Crippen LogP contribution in [0.2, 0.25) is 0 Å². The molecule has 7 rings (SSSR count). The summed E-state index contributed by atoms with van der Waals surface area (Å²) in [4.78, 5) is 6.01. The van der Waals surface area contributed by atoms with E-state index in [0.29, 0.717) is 0 Å². The molecule has 2 heteroatoms. The van der Waals surface area contributed by atoms with E-state index in [4.69, 9.17) is 0 Å². The first-order valence-corrected chi connectivity index (χ1v) is 28.3. The van der Waals surface area contributed by atoms with Crippen LogP contribution < -0.4 is 17.6 Å². The third kappa shape index (κ3) is 6.24. The van der Waals surface area contributed by atoms with E-state index in [9.17, 15) is 0 Å². The topological polar surface area (TPSA) is 0 Å². The van der Waals surface area contributed by atoms with Crippen molar-refractivity contribution in [2.24, 2.45) is 0 Å². The van der Waals surface area contributed by atoms with Crippen LogP contribution in [-0.4, -0.2) is 26.5 Å². The molecule has 0 amide bonds. The summed E-state index contributed by atoms with van der Waals surface area (Å²) < 4.78 is 9.54. The van der Waals surface area contributed by atoms with Gasteiger partial charge in [-0.25, -0.2) is 0 Å². The first kappa shape index (κ1) is 38.2. The number of hydrogen-bond donors (Lipinski definition) is 0. The first-order valence-electron chi connectivity index (χ1n) is 19.6. The SMILES string of the molecule is Cc1cc(C)[c]([Ge]2([c]3c(C)cc(C)cc3C)[CH]=[C](c3ccccc3)[Ge]([c]3c(C)cc(C)cc3C)([c]3c(C)cc(C)cc3C)[CH]=[C]2c2ccccc2)c(C)c1. The molecular weight excluding hydrogens is 770 g/mol. The molecule has 0 unspecified atom stereocenters. The van der Waals surface area contributed by atoms with Gasteiger partial charge in [0.15, 0.2) is 0 Å². The average Bonchev–Trinajstić information content (AvgIpc) is 3.08. The van der Waals surface area contributed by atoms with Crippen LogP contribution in [-0.2, 0) is 0 Å². The van der Waals surface area contributed by atoms with E-state index in [1.807, 2.05) is 0 Å². The molecule has 0 saturated heterocycles. The van der Waals surface area contributed by atoms with E-state index < -0.39 is 26.5 Å². The third-order valence-electron chi connectivity index (χ3n) is 12.0. The molecule has 0 atom stereocenters. The Morgan fingerprint density at radius 3 is 0.685 bits per heavy atom. The number of rotatable bonds is 6. The van der Waals surface area contributed by atoms with Gasteiger partial charge in [-0.3, -0.25) is 0 Å². The summed E-state index contributed by atoms with van der Waals surface area (Å²) in [5.74, 6) is 0. The molecule has 0 saturated carbocycles. The second-order valence-electron chi connectivity index (χ2n) is 16.6. The monoisotopic (exact) mass is 828 g/mol. The molecule has 0 aromatic heterocycles. The molecule has 0 aliphatic carbocycles. The molecule has 0 nitrogen and oxygen atoms in total. The standard InChI is InChI=1S/C52H56Ge2/c1-33-23-37(5)49(38(6)24-33)53(50-39(7)25-34(2)26-40(50)8)31-48(46-21-17-14-18-22-46)54(32-47(53)45-19-15-13-16-20-45,51-41(9)27-35(3)28-42(51)10)52-43(11)29-36(4)30-44(52)12/h13-32H,1-12H3. The van der Waals surface area contributed by atoms with Crippen LogP contribution >= 0.6 is 0 Å². The number of aryl methyl sites for hydroxylation is 12. The molecule has 0 spiro atoms. The van der Waals surface area contributed by atoms with E-state index in [0.717, 1.165) is 0 Å². The van der Waals surface area contributed by atoms with Crippen molar-refractivity contribution in [1.82, 2.24) is 0 Å². The first-order chi connectivity index (χ1) is 25.7. The van der Waals surface area contributed by atoms with Crippen LogP contribution in [0.3, 0.4) is 0 Å². The molecule has 0 bridgehead atoms. The summed E-state index contributed by atoms with van der Waals surface area (Å²) in [7, 11) is 0. The van der Waals surface area contributed by atoms with E-state index in [-0.39, 0.29) is 0 Å². The minimum atomic E-state index is -3.82.